The predicted octanol–water partition coefficient (Wildman–Crippen LogP) is 8.48. The molecule has 0 aliphatic heterocycles. The van der Waals surface area contributed by atoms with Crippen molar-refractivity contribution in [2.45, 2.75) is 78.6 Å². The van der Waals surface area contributed by atoms with Crippen molar-refractivity contribution in [3.63, 3.8) is 0 Å². The summed E-state index contributed by atoms with van der Waals surface area (Å²) >= 11 is 1.40. The third-order valence-electron chi connectivity index (χ3n) is 7.50. The Labute approximate surface area is 245 Å². The molecule has 1 aromatic heterocycles. The molecule has 1 unspecified atom stereocenters. The molecule has 0 aliphatic carbocycles. The van der Waals surface area contributed by atoms with Gasteiger partial charge in [-0.15, -0.1) is 0 Å². The van der Waals surface area contributed by atoms with E-state index in [0.717, 1.165) is 54.2 Å². The smallest absolute Gasteiger partial charge is 0.166 e. The molecular formula is C33H48N4O2S. The molecule has 218 valence electrons. The van der Waals surface area contributed by atoms with Crippen LogP contribution < -0.4 is 19.5 Å². The highest BCUT2D eigenvalue weighted by Gasteiger charge is 2.21. The summed E-state index contributed by atoms with van der Waals surface area (Å²) in [6.45, 7) is 15.0. The van der Waals surface area contributed by atoms with E-state index in [2.05, 4.69) is 97.0 Å². The zero-order valence-corrected chi connectivity index (χ0v) is 26.5. The molecule has 0 amide bonds. The molecule has 1 heterocycles. The summed E-state index contributed by atoms with van der Waals surface area (Å²) in [6, 6.07) is 13.1. The number of benzene rings is 2. The second kappa shape index (κ2) is 14.1. The number of ether oxygens (including phenoxy) is 1. The zero-order valence-electron chi connectivity index (χ0n) is 25.7. The topological polar surface area (TPSA) is 67.3 Å². The molecule has 0 saturated carbocycles. The van der Waals surface area contributed by atoms with E-state index in [-0.39, 0.29) is 11.2 Å². The molecule has 0 aliphatic rings. The molecular weight excluding hydrogens is 516 g/mol. The molecule has 3 rings (SSSR count). The van der Waals surface area contributed by atoms with Crippen LogP contribution in [0, 0.1) is 5.92 Å². The normalized spacial score (nSPS) is 12.4. The van der Waals surface area contributed by atoms with Crippen LogP contribution in [-0.2, 0) is 23.7 Å². The van der Waals surface area contributed by atoms with Gasteiger partial charge in [-0.3, -0.25) is 0 Å². The average molecular weight is 565 g/mol. The van der Waals surface area contributed by atoms with Crippen LogP contribution >= 0.6 is 12.1 Å². The van der Waals surface area contributed by atoms with Gasteiger partial charge in [0.25, 0.3) is 0 Å². The van der Waals surface area contributed by atoms with E-state index in [4.69, 9.17) is 4.74 Å². The number of nitrogens with one attached hydrogen (secondary N) is 3. The summed E-state index contributed by atoms with van der Waals surface area (Å²) in [4.78, 5) is 11.5. The van der Waals surface area contributed by atoms with E-state index in [1.165, 1.54) is 40.6 Å². The van der Waals surface area contributed by atoms with Crippen molar-refractivity contribution in [2.75, 3.05) is 24.2 Å². The Morgan fingerprint density at radius 1 is 1.15 bits per heavy atom. The van der Waals surface area contributed by atoms with Crippen LogP contribution in [-0.4, -0.2) is 24.5 Å². The minimum Gasteiger partial charge on any atom is -0.492 e. The van der Waals surface area contributed by atoms with E-state index < -0.39 is 0 Å². The van der Waals surface area contributed by atoms with Crippen molar-refractivity contribution in [2.24, 2.45) is 13.0 Å². The molecule has 0 saturated heterocycles. The van der Waals surface area contributed by atoms with E-state index in [9.17, 15) is 4.79 Å². The maximum atomic E-state index is 11.5. The zero-order chi connectivity index (χ0) is 29.4. The van der Waals surface area contributed by atoms with Gasteiger partial charge in [0.05, 0.1) is 35.4 Å². The van der Waals surface area contributed by atoms with Crippen LogP contribution in [0.2, 0.25) is 0 Å². The van der Waals surface area contributed by atoms with Gasteiger partial charge in [-0.2, -0.15) is 0 Å². The van der Waals surface area contributed by atoms with Gasteiger partial charge < -0.3 is 24.1 Å². The monoisotopic (exact) mass is 564 g/mol. The molecule has 0 bridgehead atoms. The Balaban J connectivity index is 1.96. The lowest BCUT2D eigenvalue weighted by Crippen LogP contribution is -2.14. The van der Waals surface area contributed by atoms with Crippen molar-refractivity contribution >= 4 is 45.9 Å². The second-order valence-electron chi connectivity index (χ2n) is 11.8. The Bertz CT molecular complexity index is 1320. The number of ketones is 1. The largest absolute Gasteiger partial charge is 0.492 e. The molecule has 2 aromatic carbocycles. The fourth-order valence-electron chi connectivity index (χ4n) is 5.45. The van der Waals surface area contributed by atoms with E-state index >= 15 is 0 Å². The Morgan fingerprint density at radius 2 is 1.88 bits per heavy atom. The number of hydrogen-bond donors (Lipinski definition) is 3. The van der Waals surface area contributed by atoms with Crippen LogP contribution in [0.1, 0.15) is 83.5 Å². The molecule has 0 fully saturated rings. The van der Waals surface area contributed by atoms with Gasteiger partial charge >= 0.3 is 0 Å². The third kappa shape index (κ3) is 7.85. The Kier molecular flexibility index (Phi) is 11.2. The molecule has 3 aromatic rings. The van der Waals surface area contributed by atoms with Crippen LogP contribution in [0.15, 0.2) is 43.0 Å². The van der Waals surface area contributed by atoms with E-state index in [0.29, 0.717) is 12.3 Å². The van der Waals surface area contributed by atoms with E-state index in [1.807, 2.05) is 7.05 Å². The summed E-state index contributed by atoms with van der Waals surface area (Å²) in [6.07, 6.45) is 6.06. The highest BCUT2D eigenvalue weighted by Crippen LogP contribution is 2.41. The number of para-hydroxylation sites is 1. The van der Waals surface area contributed by atoms with Crippen molar-refractivity contribution in [3.8, 4) is 5.75 Å². The van der Waals surface area contributed by atoms with Crippen LogP contribution in [0.5, 0.6) is 5.75 Å². The van der Waals surface area contributed by atoms with Crippen LogP contribution in [0.4, 0.5) is 11.4 Å². The first kappa shape index (κ1) is 31.6. The van der Waals surface area contributed by atoms with Crippen molar-refractivity contribution in [1.82, 2.24) is 9.29 Å². The lowest BCUT2D eigenvalue weighted by molar-refractivity contribution is -0.117. The van der Waals surface area contributed by atoms with Crippen LogP contribution in [0.3, 0.4) is 0 Å². The lowest BCUT2D eigenvalue weighted by Gasteiger charge is -2.24. The number of aryl methyl sites for hydroxylation is 1. The molecule has 7 heteroatoms. The van der Waals surface area contributed by atoms with Crippen molar-refractivity contribution in [3.05, 3.63) is 59.8 Å². The Hall–Kier alpha value is -2.90. The summed E-state index contributed by atoms with van der Waals surface area (Å²) in [5, 5.41) is 4.79. The molecule has 3 N–H and O–H groups in total. The number of Topliss-reactive ketones (excluding diaryl/α,β-unsaturated/α-hetero) is 1. The maximum absolute atomic E-state index is 11.5. The highest BCUT2D eigenvalue weighted by atomic mass is 32.2. The van der Waals surface area contributed by atoms with Crippen molar-refractivity contribution < 1.29 is 9.53 Å². The number of anilines is 2. The lowest BCUT2D eigenvalue weighted by atomic mass is 9.86. The molecule has 0 radical (unpaired) electrons. The number of methoxy groups -OCH3 is 1. The quantitative estimate of drug-likeness (QED) is 0.161. The third-order valence-corrected chi connectivity index (χ3v) is 8.03. The number of nitrogens with zero attached hydrogens (tertiary/aromatic N) is 1. The SMILES string of the molecule is C=C(Nc1cc(C(C)(C)C)cc(NSNC)c1OC)c1cc2cccc(CC(CCC)CCCC(C)=O)c2n1C. The fraction of sp³-hybridized carbons (Fsp3) is 0.485. The van der Waals surface area contributed by atoms with E-state index in [1.54, 1.807) is 14.0 Å². The maximum Gasteiger partial charge on any atom is 0.166 e. The first-order valence-electron chi connectivity index (χ1n) is 14.3. The standard InChI is InChI=1S/C33H48N4O2S/c1-10-13-24(15-11-14-22(2)38)18-25-16-12-17-26-19-30(37(8)31(25)26)23(3)35-28-20-27(33(4,5)6)21-29(32(28)39-9)36-40-34-7/h12,16-17,19-21,24,34-36H,3,10-11,13-15,18H2,1-2,4-9H3. The predicted molar refractivity (Wildman–Crippen MR) is 174 cm³/mol. The number of aromatic nitrogens is 1. The number of hydrogen-bond acceptors (Lipinski definition) is 6. The minimum absolute atomic E-state index is 0.0429. The van der Waals surface area contributed by atoms with Gasteiger partial charge in [-0.1, -0.05) is 65.3 Å². The Morgan fingerprint density at radius 3 is 2.50 bits per heavy atom. The summed E-state index contributed by atoms with van der Waals surface area (Å²) < 4.78 is 14.5. The molecule has 6 nitrogen and oxygen atoms in total. The van der Waals surface area contributed by atoms with Gasteiger partial charge in [-0.25, -0.2) is 4.72 Å². The summed E-state index contributed by atoms with van der Waals surface area (Å²) in [5.41, 5.74) is 7.36. The number of rotatable bonds is 15. The summed E-state index contributed by atoms with van der Waals surface area (Å²) in [5.74, 6) is 1.59. The first-order chi connectivity index (χ1) is 19.0. The first-order valence-corrected chi connectivity index (χ1v) is 15.2. The van der Waals surface area contributed by atoms with Gasteiger partial charge in [0.1, 0.15) is 5.78 Å². The highest BCUT2D eigenvalue weighted by molar-refractivity contribution is 7.98. The van der Waals surface area contributed by atoms with Gasteiger partial charge in [0.15, 0.2) is 5.75 Å². The average Bonchev–Trinajstić information content (AvgIpc) is 3.23. The second-order valence-corrected chi connectivity index (χ2v) is 12.6. The number of fused-ring (bicyclic) bond motifs is 1. The molecule has 1 atom stereocenters. The van der Waals surface area contributed by atoms with Crippen LogP contribution in [0.25, 0.3) is 16.6 Å². The minimum atomic E-state index is -0.0429. The fourth-order valence-corrected chi connectivity index (χ4v) is 5.81. The number of carbonyl (C=O) groups excluding carboxylic acids is 1. The molecule has 40 heavy (non-hydrogen) atoms. The van der Waals surface area contributed by atoms with Gasteiger partial charge in [0, 0.05) is 31.0 Å². The number of carbonyl (C=O) groups is 1. The van der Waals surface area contributed by atoms with Gasteiger partial charge in [0.2, 0.25) is 0 Å². The van der Waals surface area contributed by atoms with Gasteiger partial charge in [-0.05, 0) is 73.9 Å². The summed E-state index contributed by atoms with van der Waals surface area (Å²) in [7, 11) is 5.70. The van der Waals surface area contributed by atoms with Crippen molar-refractivity contribution in [1.29, 1.82) is 0 Å². The molecule has 0 spiro atoms.